The second-order valence-electron chi connectivity index (χ2n) is 2.98. The highest BCUT2D eigenvalue weighted by molar-refractivity contribution is 6.35. The van der Waals surface area contributed by atoms with E-state index in [9.17, 15) is 4.79 Å². The molecular formula is C11H9Cl2NO2. The van der Waals surface area contributed by atoms with Crippen LogP contribution < -0.4 is 0 Å². The minimum absolute atomic E-state index is 0.224. The van der Waals surface area contributed by atoms with Crippen LogP contribution in [0.3, 0.4) is 0 Å². The standard InChI is InChI=1S/C11H9Cl2NO2/c1-2-16-11(15)9(6-14)8-4-3-7(12)5-10(8)13/h3-5,9H,2H2,1H3. The van der Waals surface area contributed by atoms with Crippen molar-refractivity contribution in [3.63, 3.8) is 0 Å². The Hall–Kier alpha value is -1.24. The molecule has 0 heterocycles. The van der Waals surface area contributed by atoms with E-state index in [1.165, 1.54) is 6.07 Å². The van der Waals surface area contributed by atoms with Gasteiger partial charge in [0.1, 0.15) is 0 Å². The van der Waals surface area contributed by atoms with Gasteiger partial charge in [-0.15, -0.1) is 0 Å². The van der Waals surface area contributed by atoms with Gasteiger partial charge in [-0.3, -0.25) is 4.79 Å². The van der Waals surface area contributed by atoms with Gasteiger partial charge in [0, 0.05) is 10.0 Å². The van der Waals surface area contributed by atoms with Gasteiger partial charge in [-0.2, -0.15) is 5.26 Å². The molecule has 1 aromatic carbocycles. The maximum atomic E-state index is 11.5. The Morgan fingerprint density at radius 3 is 2.75 bits per heavy atom. The highest BCUT2D eigenvalue weighted by Gasteiger charge is 2.23. The largest absolute Gasteiger partial charge is 0.465 e. The first-order chi connectivity index (χ1) is 7.60. The molecule has 0 bridgehead atoms. The van der Waals surface area contributed by atoms with Crippen molar-refractivity contribution in [3.8, 4) is 6.07 Å². The Morgan fingerprint density at radius 1 is 1.56 bits per heavy atom. The zero-order valence-electron chi connectivity index (χ0n) is 8.54. The number of hydrogen-bond acceptors (Lipinski definition) is 3. The Bertz CT molecular complexity index is 440. The molecular weight excluding hydrogens is 249 g/mol. The Morgan fingerprint density at radius 2 is 2.25 bits per heavy atom. The first-order valence-electron chi connectivity index (χ1n) is 4.61. The third-order valence-electron chi connectivity index (χ3n) is 1.92. The molecule has 1 aromatic rings. The van der Waals surface area contributed by atoms with Gasteiger partial charge >= 0.3 is 5.97 Å². The fourth-order valence-electron chi connectivity index (χ4n) is 1.21. The Balaban J connectivity index is 3.05. The molecule has 0 saturated carbocycles. The van der Waals surface area contributed by atoms with E-state index in [0.29, 0.717) is 10.6 Å². The van der Waals surface area contributed by atoms with Crippen molar-refractivity contribution in [1.82, 2.24) is 0 Å². The summed E-state index contributed by atoms with van der Waals surface area (Å²) in [4.78, 5) is 11.5. The number of nitriles is 1. The predicted octanol–water partition coefficient (Wildman–Crippen LogP) is 3.16. The number of hydrogen-bond donors (Lipinski definition) is 0. The molecule has 0 aliphatic heterocycles. The lowest BCUT2D eigenvalue weighted by Crippen LogP contribution is -2.14. The fraction of sp³-hybridized carbons (Fsp3) is 0.273. The average Bonchev–Trinajstić information content (AvgIpc) is 2.22. The van der Waals surface area contributed by atoms with E-state index >= 15 is 0 Å². The average molecular weight is 258 g/mol. The van der Waals surface area contributed by atoms with Gasteiger partial charge in [-0.05, 0) is 24.6 Å². The van der Waals surface area contributed by atoms with Gasteiger partial charge in [0.2, 0.25) is 0 Å². The van der Waals surface area contributed by atoms with Crippen molar-refractivity contribution < 1.29 is 9.53 Å². The molecule has 0 spiro atoms. The van der Waals surface area contributed by atoms with E-state index in [-0.39, 0.29) is 11.6 Å². The maximum Gasteiger partial charge on any atom is 0.327 e. The van der Waals surface area contributed by atoms with Crippen molar-refractivity contribution in [3.05, 3.63) is 33.8 Å². The summed E-state index contributed by atoms with van der Waals surface area (Å²) in [7, 11) is 0. The molecule has 84 valence electrons. The van der Waals surface area contributed by atoms with Gasteiger partial charge in [-0.25, -0.2) is 0 Å². The molecule has 0 radical (unpaired) electrons. The number of nitrogens with zero attached hydrogens (tertiary/aromatic N) is 1. The highest BCUT2D eigenvalue weighted by atomic mass is 35.5. The molecule has 5 heteroatoms. The van der Waals surface area contributed by atoms with Crippen molar-refractivity contribution in [2.45, 2.75) is 12.8 Å². The van der Waals surface area contributed by atoms with E-state index in [1.807, 2.05) is 6.07 Å². The minimum atomic E-state index is -1.01. The number of benzene rings is 1. The predicted molar refractivity (Wildman–Crippen MR) is 61.4 cm³/mol. The second kappa shape index (κ2) is 5.74. The second-order valence-corrected chi connectivity index (χ2v) is 3.82. The zero-order valence-corrected chi connectivity index (χ0v) is 10.0. The van der Waals surface area contributed by atoms with E-state index in [1.54, 1.807) is 19.1 Å². The highest BCUT2D eigenvalue weighted by Crippen LogP contribution is 2.28. The van der Waals surface area contributed by atoms with Crippen LogP contribution in [-0.2, 0) is 9.53 Å². The lowest BCUT2D eigenvalue weighted by Gasteiger charge is -2.10. The molecule has 3 nitrogen and oxygen atoms in total. The van der Waals surface area contributed by atoms with Crippen LogP contribution in [0.4, 0.5) is 0 Å². The van der Waals surface area contributed by atoms with Gasteiger partial charge in [-0.1, -0.05) is 29.3 Å². The molecule has 16 heavy (non-hydrogen) atoms. The monoisotopic (exact) mass is 257 g/mol. The van der Waals surface area contributed by atoms with Crippen LogP contribution in [0, 0.1) is 11.3 Å². The van der Waals surface area contributed by atoms with Crippen LogP contribution in [0.1, 0.15) is 18.4 Å². The molecule has 0 amide bonds. The summed E-state index contributed by atoms with van der Waals surface area (Å²) in [5.41, 5.74) is 0.409. The molecule has 0 saturated heterocycles. The molecule has 1 unspecified atom stereocenters. The third-order valence-corrected chi connectivity index (χ3v) is 2.49. The zero-order chi connectivity index (χ0) is 12.1. The van der Waals surface area contributed by atoms with Crippen molar-refractivity contribution in [2.24, 2.45) is 0 Å². The summed E-state index contributed by atoms with van der Waals surface area (Å²) in [6.07, 6.45) is 0. The molecule has 0 fully saturated rings. The Kier molecular flexibility index (Phi) is 4.60. The molecule has 0 N–H and O–H groups in total. The first kappa shape index (κ1) is 12.8. The van der Waals surface area contributed by atoms with Crippen LogP contribution in [0.5, 0.6) is 0 Å². The molecule has 0 aliphatic rings. The van der Waals surface area contributed by atoms with E-state index in [2.05, 4.69) is 0 Å². The minimum Gasteiger partial charge on any atom is -0.465 e. The quantitative estimate of drug-likeness (QED) is 0.782. The lowest BCUT2D eigenvalue weighted by molar-refractivity contribution is -0.143. The number of halogens is 2. The first-order valence-corrected chi connectivity index (χ1v) is 5.37. The van der Waals surface area contributed by atoms with Crippen molar-refractivity contribution in [1.29, 1.82) is 5.26 Å². The molecule has 0 aliphatic carbocycles. The maximum absolute atomic E-state index is 11.5. The van der Waals surface area contributed by atoms with Crippen LogP contribution in [-0.4, -0.2) is 12.6 Å². The fourth-order valence-corrected chi connectivity index (χ4v) is 1.73. The number of carbonyl (C=O) groups is 1. The smallest absolute Gasteiger partial charge is 0.327 e. The number of rotatable bonds is 3. The van der Waals surface area contributed by atoms with Crippen LogP contribution in [0.15, 0.2) is 18.2 Å². The molecule has 1 atom stereocenters. The lowest BCUT2D eigenvalue weighted by atomic mass is 10.0. The SMILES string of the molecule is CCOC(=O)C(C#N)c1ccc(Cl)cc1Cl. The topological polar surface area (TPSA) is 50.1 Å². The van der Waals surface area contributed by atoms with E-state index in [4.69, 9.17) is 33.2 Å². The Labute approximate surface area is 104 Å². The summed E-state index contributed by atoms with van der Waals surface area (Å²) >= 11 is 11.6. The van der Waals surface area contributed by atoms with Gasteiger partial charge < -0.3 is 4.74 Å². The number of carbonyl (C=O) groups excluding carboxylic acids is 1. The van der Waals surface area contributed by atoms with Crippen LogP contribution >= 0.6 is 23.2 Å². The van der Waals surface area contributed by atoms with E-state index < -0.39 is 11.9 Å². The van der Waals surface area contributed by atoms with Crippen LogP contribution in [0.25, 0.3) is 0 Å². The normalized spacial score (nSPS) is 11.6. The summed E-state index contributed by atoms with van der Waals surface area (Å²) in [5.74, 6) is -1.61. The summed E-state index contributed by atoms with van der Waals surface area (Å²) in [6.45, 7) is 1.90. The third kappa shape index (κ3) is 2.88. The molecule has 0 aromatic heterocycles. The number of ether oxygens (including phenoxy) is 1. The summed E-state index contributed by atoms with van der Waals surface area (Å²) < 4.78 is 4.78. The van der Waals surface area contributed by atoms with Crippen LogP contribution in [0.2, 0.25) is 10.0 Å². The molecule has 1 rings (SSSR count). The van der Waals surface area contributed by atoms with Crippen molar-refractivity contribution in [2.75, 3.05) is 6.61 Å². The van der Waals surface area contributed by atoms with Gasteiger partial charge in [0.25, 0.3) is 0 Å². The summed E-state index contributed by atoms with van der Waals surface area (Å²) in [5, 5.41) is 9.67. The van der Waals surface area contributed by atoms with Gasteiger partial charge in [0.05, 0.1) is 12.7 Å². The summed E-state index contributed by atoms with van der Waals surface area (Å²) in [6, 6.07) is 6.48. The number of esters is 1. The van der Waals surface area contributed by atoms with E-state index in [0.717, 1.165) is 0 Å². The van der Waals surface area contributed by atoms with Crippen molar-refractivity contribution >= 4 is 29.2 Å². The van der Waals surface area contributed by atoms with Gasteiger partial charge in [0.15, 0.2) is 5.92 Å².